The number of thiophene rings is 1. The number of hydrogen-bond donors (Lipinski definition) is 0. The standard InChI is InChI=1S/C16H19N3OS2/c1-13-17-14(12-22-13)11-18-6-8-19(9-7-18)16(20)5-4-15-3-2-10-21-15/h2-5,10,12H,6-9,11H2,1H3/b5-4+. The molecule has 0 spiro atoms. The quantitative estimate of drug-likeness (QED) is 0.807. The highest BCUT2D eigenvalue weighted by Crippen LogP contribution is 2.13. The lowest BCUT2D eigenvalue weighted by atomic mass is 10.3. The average molecular weight is 333 g/mol. The van der Waals surface area contributed by atoms with Crippen LogP contribution in [-0.2, 0) is 11.3 Å². The number of nitrogens with zero attached hydrogens (tertiary/aromatic N) is 3. The highest BCUT2D eigenvalue weighted by Gasteiger charge is 2.20. The van der Waals surface area contributed by atoms with Crippen LogP contribution < -0.4 is 0 Å². The second-order valence-electron chi connectivity index (χ2n) is 5.31. The molecule has 2 aromatic rings. The minimum absolute atomic E-state index is 0.109. The van der Waals surface area contributed by atoms with E-state index in [1.807, 2.05) is 35.4 Å². The number of aryl methyl sites for hydroxylation is 1. The van der Waals surface area contributed by atoms with Gasteiger partial charge in [-0.2, -0.15) is 0 Å². The van der Waals surface area contributed by atoms with E-state index >= 15 is 0 Å². The van der Waals surface area contributed by atoms with Crippen molar-refractivity contribution < 1.29 is 4.79 Å². The summed E-state index contributed by atoms with van der Waals surface area (Å²) in [4.78, 5) is 22.1. The Morgan fingerprint density at radius 1 is 1.32 bits per heavy atom. The Bertz CT molecular complexity index is 640. The van der Waals surface area contributed by atoms with Crippen molar-refractivity contribution in [1.82, 2.24) is 14.8 Å². The summed E-state index contributed by atoms with van der Waals surface area (Å²) in [6.07, 6.45) is 3.59. The van der Waals surface area contributed by atoms with Gasteiger partial charge in [0, 0.05) is 49.1 Å². The molecule has 3 heterocycles. The molecule has 1 aliphatic heterocycles. The minimum atomic E-state index is 0.109. The first-order chi connectivity index (χ1) is 10.7. The number of hydrogen-bond acceptors (Lipinski definition) is 5. The maximum Gasteiger partial charge on any atom is 0.246 e. The zero-order valence-electron chi connectivity index (χ0n) is 12.6. The molecule has 0 unspecified atom stereocenters. The van der Waals surface area contributed by atoms with Crippen LogP contribution in [0.15, 0.2) is 29.0 Å². The maximum absolute atomic E-state index is 12.2. The number of thiazole rings is 1. The largest absolute Gasteiger partial charge is 0.337 e. The molecule has 0 saturated carbocycles. The summed E-state index contributed by atoms with van der Waals surface area (Å²) >= 11 is 3.34. The van der Waals surface area contributed by atoms with E-state index in [0.29, 0.717) is 0 Å². The normalized spacial score (nSPS) is 16.5. The summed E-state index contributed by atoms with van der Waals surface area (Å²) in [5.41, 5.74) is 1.14. The molecule has 0 atom stereocenters. The number of rotatable bonds is 4. The summed E-state index contributed by atoms with van der Waals surface area (Å²) in [7, 11) is 0. The highest BCUT2D eigenvalue weighted by molar-refractivity contribution is 7.10. The van der Waals surface area contributed by atoms with E-state index in [2.05, 4.69) is 15.3 Å². The van der Waals surface area contributed by atoms with Gasteiger partial charge in [0.05, 0.1) is 10.7 Å². The molecule has 116 valence electrons. The lowest BCUT2D eigenvalue weighted by molar-refractivity contribution is -0.127. The van der Waals surface area contributed by atoms with Gasteiger partial charge in [-0.15, -0.1) is 22.7 Å². The molecule has 1 fully saturated rings. The van der Waals surface area contributed by atoms with Gasteiger partial charge in [-0.1, -0.05) is 6.07 Å². The molecule has 4 nitrogen and oxygen atoms in total. The molecule has 1 aliphatic rings. The number of aromatic nitrogens is 1. The second-order valence-corrected chi connectivity index (χ2v) is 7.35. The van der Waals surface area contributed by atoms with Gasteiger partial charge in [0.15, 0.2) is 0 Å². The predicted molar refractivity (Wildman–Crippen MR) is 92.1 cm³/mol. The molecule has 0 radical (unpaired) electrons. The van der Waals surface area contributed by atoms with Gasteiger partial charge in [-0.3, -0.25) is 9.69 Å². The van der Waals surface area contributed by atoms with Crippen LogP contribution in [-0.4, -0.2) is 46.9 Å². The van der Waals surface area contributed by atoms with Crippen LogP contribution >= 0.6 is 22.7 Å². The summed E-state index contributed by atoms with van der Waals surface area (Å²) < 4.78 is 0. The minimum Gasteiger partial charge on any atom is -0.337 e. The Labute approximate surface area is 138 Å². The summed E-state index contributed by atoms with van der Waals surface area (Å²) in [6.45, 7) is 6.32. The summed E-state index contributed by atoms with van der Waals surface area (Å²) in [6, 6.07) is 4.01. The van der Waals surface area contributed by atoms with Gasteiger partial charge in [-0.05, 0) is 24.4 Å². The molecule has 22 heavy (non-hydrogen) atoms. The van der Waals surface area contributed by atoms with Crippen molar-refractivity contribution in [1.29, 1.82) is 0 Å². The molecule has 2 aromatic heterocycles. The van der Waals surface area contributed by atoms with Gasteiger partial charge in [0.1, 0.15) is 0 Å². The average Bonchev–Trinajstić information content (AvgIpc) is 3.17. The number of piperazine rings is 1. The summed E-state index contributed by atoms with van der Waals surface area (Å²) in [5.74, 6) is 0.109. The second kappa shape index (κ2) is 7.17. The zero-order valence-corrected chi connectivity index (χ0v) is 14.2. The number of carbonyl (C=O) groups is 1. The molecule has 0 bridgehead atoms. The van der Waals surface area contributed by atoms with Crippen molar-refractivity contribution in [3.05, 3.63) is 44.5 Å². The van der Waals surface area contributed by atoms with Gasteiger partial charge in [0.25, 0.3) is 0 Å². The first-order valence-electron chi connectivity index (χ1n) is 7.34. The first-order valence-corrected chi connectivity index (χ1v) is 9.10. The third-order valence-electron chi connectivity index (χ3n) is 3.67. The fourth-order valence-corrected chi connectivity index (χ4v) is 3.70. The molecular formula is C16H19N3OS2. The van der Waals surface area contributed by atoms with E-state index in [4.69, 9.17) is 0 Å². The predicted octanol–water partition coefficient (Wildman–Crippen LogP) is 2.87. The van der Waals surface area contributed by atoms with Crippen molar-refractivity contribution in [3.8, 4) is 0 Å². The molecular weight excluding hydrogens is 314 g/mol. The fourth-order valence-electron chi connectivity index (χ4n) is 2.48. The zero-order chi connectivity index (χ0) is 15.4. The van der Waals surface area contributed by atoms with Crippen molar-refractivity contribution in [2.24, 2.45) is 0 Å². The maximum atomic E-state index is 12.2. The monoisotopic (exact) mass is 333 g/mol. The van der Waals surface area contributed by atoms with Crippen LogP contribution in [0.2, 0.25) is 0 Å². The lowest BCUT2D eigenvalue weighted by Crippen LogP contribution is -2.47. The molecule has 1 saturated heterocycles. The number of carbonyl (C=O) groups excluding carboxylic acids is 1. The van der Waals surface area contributed by atoms with E-state index in [0.717, 1.165) is 48.3 Å². The van der Waals surface area contributed by atoms with Crippen molar-refractivity contribution in [2.75, 3.05) is 26.2 Å². The van der Waals surface area contributed by atoms with Crippen molar-refractivity contribution in [2.45, 2.75) is 13.5 Å². The van der Waals surface area contributed by atoms with Crippen LogP contribution in [0, 0.1) is 6.92 Å². The van der Waals surface area contributed by atoms with Crippen LogP contribution in [0.5, 0.6) is 0 Å². The Kier molecular flexibility index (Phi) is 5.02. The van der Waals surface area contributed by atoms with Crippen LogP contribution in [0.25, 0.3) is 6.08 Å². The fraction of sp³-hybridized carbons (Fsp3) is 0.375. The molecule has 6 heteroatoms. The smallest absolute Gasteiger partial charge is 0.246 e. The van der Waals surface area contributed by atoms with Crippen LogP contribution in [0.1, 0.15) is 15.6 Å². The lowest BCUT2D eigenvalue weighted by Gasteiger charge is -2.33. The third-order valence-corrected chi connectivity index (χ3v) is 5.33. The van der Waals surface area contributed by atoms with Gasteiger partial charge in [-0.25, -0.2) is 4.98 Å². The highest BCUT2D eigenvalue weighted by atomic mass is 32.1. The molecule has 3 rings (SSSR count). The molecule has 0 aromatic carbocycles. The topological polar surface area (TPSA) is 36.4 Å². The SMILES string of the molecule is Cc1nc(CN2CCN(C(=O)/C=C/c3cccs3)CC2)cs1. The van der Waals surface area contributed by atoms with E-state index in [1.165, 1.54) is 0 Å². The Morgan fingerprint density at radius 2 is 2.14 bits per heavy atom. The Hall–Kier alpha value is -1.50. The van der Waals surface area contributed by atoms with Gasteiger partial charge >= 0.3 is 0 Å². The van der Waals surface area contributed by atoms with E-state index in [-0.39, 0.29) is 5.91 Å². The van der Waals surface area contributed by atoms with Crippen molar-refractivity contribution >= 4 is 34.7 Å². The van der Waals surface area contributed by atoms with Gasteiger partial charge in [0.2, 0.25) is 5.91 Å². The van der Waals surface area contributed by atoms with E-state index < -0.39 is 0 Å². The molecule has 0 N–H and O–H groups in total. The number of amides is 1. The summed E-state index contributed by atoms with van der Waals surface area (Å²) in [5, 5.41) is 5.25. The van der Waals surface area contributed by atoms with Crippen LogP contribution in [0.3, 0.4) is 0 Å². The van der Waals surface area contributed by atoms with E-state index in [1.54, 1.807) is 28.7 Å². The third kappa shape index (κ3) is 4.03. The Morgan fingerprint density at radius 3 is 2.77 bits per heavy atom. The molecule has 1 amide bonds. The first kappa shape index (κ1) is 15.4. The van der Waals surface area contributed by atoms with Gasteiger partial charge < -0.3 is 4.90 Å². The van der Waals surface area contributed by atoms with Crippen LogP contribution in [0.4, 0.5) is 0 Å². The Balaban J connectivity index is 1.47. The molecule has 0 aliphatic carbocycles. The van der Waals surface area contributed by atoms with E-state index in [9.17, 15) is 4.79 Å². The van der Waals surface area contributed by atoms with Crippen molar-refractivity contribution in [3.63, 3.8) is 0 Å².